The van der Waals surface area contributed by atoms with Crippen LogP contribution in [0.25, 0.3) is 11.3 Å². The first kappa shape index (κ1) is 14.3. The van der Waals surface area contributed by atoms with Crippen molar-refractivity contribution in [3.8, 4) is 11.3 Å². The Morgan fingerprint density at radius 2 is 2.10 bits per heavy atom. The molecule has 1 fully saturated rings. The summed E-state index contributed by atoms with van der Waals surface area (Å²) >= 11 is 1.55. The van der Waals surface area contributed by atoms with E-state index in [-0.39, 0.29) is 5.56 Å². The lowest BCUT2D eigenvalue weighted by molar-refractivity contribution is 0.681. The Kier molecular flexibility index (Phi) is 3.61. The lowest BCUT2D eigenvalue weighted by Gasteiger charge is -2.12. The van der Waals surface area contributed by atoms with Crippen LogP contribution in [0.4, 0.5) is 5.13 Å². The van der Waals surface area contributed by atoms with E-state index in [1.807, 2.05) is 23.8 Å². The molecule has 2 heterocycles. The minimum Gasteiger partial charge on any atom is -0.359 e. The fourth-order valence-electron chi connectivity index (χ4n) is 2.70. The third-order valence-corrected chi connectivity index (χ3v) is 4.49. The van der Waals surface area contributed by atoms with Crippen molar-refractivity contribution in [2.45, 2.75) is 52.6 Å². The van der Waals surface area contributed by atoms with E-state index in [0.29, 0.717) is 12.1 Å². The molecular formula is C16H21N3OS. The van der Waals surface area contributed by atoms with Gasteiger partial charge < -0.3 is 9.88 Å². The highest BCUT2D eigenvalue weighted by molar-refractivity contribution is 7.14. The Labute approximate surface area is 128 Å². The average Bonchev–Trinajstić information content (AvgIpc) is 3.09. The van der Waals surface area contributed by atoms with Crippen LogP contribution in [0.3, 0.4) is 0 Å². The molecule has 2 aromatic heterocycles. The topological polar surface area (TPSA) is 46.9 Å². The second-order valence-electron chi connectivity index (χ2n) is 6.09. The number of nitrogens with one attached hydrogen (secondary N) is 1. The molecule has 0 unspecified atom stereocenters. The molecule has 0 saturated heterocycles. The van der Waals surface area contributed by atoms with Crippen LogP contribution in [0.1, 0.15) is 44.0 Å². The third kappa shape index (κ3) is 2.75. The molecule has 1 aliphatic rings. The van der Waals surface area contributed by atoms with Crippen molar-refractivity contribution < 1.29 is 0 Å². The molecule has 4 nitrogen and oxygen atoms in total. The molecule has 1 N–H and O–H groups in total. The summed E-state index contributed by atoms with van der Waals surface area (Å²) in [6.45, 7) is 8.18. The maximum atomic E-state index is 12.8. The zero-order valence-corrected chi connectivity index (χ0v) is 13.8. The summed E-state index contributed by atoms with van der Waals surface area (Å²) in [6.07, 6.45) is 2.22. The lowest BCUT2D eigenvalue weighted by Crippen LogP contribution is -2.24. The van der Waals surface area contributed by atoms with Crippen LogP contribution < -0.4 is 10.9 Å². The smallest absolute Gasteiger partial charge is 0.260 e. The highest BCUT2D eigenvalue weighted by Crippen LogP contribution is 2.35. The van der Waals surface area contributed by atoms with E-state index in [2.05, 4.69) is 30.2 Å². The minimum atomic E-state index is 0.108. The summed E-state index contributed by atoms with van der Waals surface area (Å²) in [7, 11) is 0. The molecule has 1 aliphatic carbocycles. The molecule has 21 heavy (non-hydrogen) atoms. The predicted octanol–water partition coefficient (Wildman–Crippen LogP) is 3.74. The summed E-state index contributed by atoms with van der Waals surface area (Å²) in [5, 5.41) is 6.14. The molecule has 1 saturated carbocycles. The van der Waals surface area contributed by atoms with Crippen molar-refractivity contribution in [2.24, 2.45) is 0 Å². The van der Waals surface area contributed by atoms with Crippen LogP contribution in [0.5, 0.6) is 0 Å². The summed E-state index contributed by atoms with van der Waals surface area (Å²) in [6, 6.07) is 2.83. The molecule has 2 aromatic rings. The molecule has 0 bridgehead atoms. The van der Waals surface area contributed by atoms with Gasteiger partial charge in [0.2, 0.25) is 0 Å². The first-order valence-corrected chi connectivity index (χ1v) is 8.30. The Morgan fingerprint density at radius 3 is 2.71 bits per heavy atom. The number of thiazole rings is 1. The summed E-state index contributed by atoms with van der Waals surface area (Å²) < 4.78 is 1.94. The predicted molar refractivity (Wildman–Crippen MR) is 88.3 cm³/mol. The molecule has 5 heteroatoms. The van der Waals surface area contributed by atoms with E-state index in [9.17, 15) is 4.79 Å². The second kappa shape index (κ2) is 5.30. The highest BCUT2D eigenvalue weighted by atomic mass is 32.1. The lowest BCUT2D eigenvalue weighted by atomic mass is 10.1. The van der Waals surface area contributed by atoms with E-state index in [0.717, 1.165) is 40.5 Å². The Bertz CT molecular complexity index is 726. The number of anilines is 1. The fourth-order valence-corrected chi connectivity index (χ4v) is 3.55. The number of aromatic nitrogens is 2. The normalized spacial score (nSPS) is 14.7. The zero-order valence-electron chi connectivity index (χ0n) is 12.9. The number of hydrogen-bond acceptors (Lipinski definition) is 4. The van der Waals surface area contributed by atoms with Crippen LogP contribution in [0.15, 0.2) is 16.2 Å². The van der Waals surface area contributed by atoms with E-state index in [1.165, 1.54) is 0 Å². The van der Waals surface area contributed by atoms with Crippen LogP contribution in [-0.4, -0.2) is 15.6 Å². The maximum Gasteiger partial charge on any atom is 0.260 e. The van der Waals surface area contributed by atoms with Crippen molar-refractivity contribution in [2.75, 3.05) is 5.32 Å². The second-order valence-corrected chi connectivity index (χ2v) is 6.95. The van der Waals surface area contributed by atoms with Gasteiger partial charge in [-0.25, -0.2) is 4.98 Å². The number of pyridine rings is 1. The molecule has 3 rings (SSSR count). The monoisotopic (exact) mass is 303 g/mol. The summed E-state index contributed by atoms with van der Waals surface area (Å²) in [5.41, 5.74) is 3.72. The largest absolute Gasteiger partial charge is 0.359 e. The van der Waals surface area contributed by atoms with Crippen molar-refractivity contribution in [1.82, 2.24) is 9.55 Å². The highest BCUT2D eigenvalue weighted by Gasteiger charge is 2.28. The molecule has 0 radical (unpaired) electrons. The molecular weight excluding hydrogens is 282 g/mol. The average molecular weight is 303 g/mol. The standard InChI is InChI=1S/C16H21N3OS/c1-9(2)17-16-18-13(8-21-16)14-10(3)7-11(4)19(15(14)20)12-5-6-12/h7-9,12H,5-6H2,1-4H3,(H,17,18). The zero-order chi connectivity index (χ0) is 15.1. The van der Waals surface area contributed by atoms with Crippen LogP contribution in [-0.2, 0) is 0 Å². The SMILES string of the molecule is Cc1cc(C)n(C2CC2)c(=O)c1-c1csc(NC(C)C)n1. The number of aryl methyl sites for hydroxylation is 2. The van der Waals surface area contributed by atoms with Crippen LogP contribution in [0.2, 0.25) is 0 Å². The molecule has 0 amide bonds. The van der Waals surface area contributed by atoms with Gasteiger partial charge in [-0.1, -0.05) is 0 Å². The van der Waals surface area contributed by atoms with E-state index < -0.39 is 0 Å². The van der Waals surface area contributed by atoms with Gasteiger partial charge >= 0.3 is 0 Å². The fraction of sp³-hybridized carbons (Fsp3) is 0.500. The Morgan fingerprint density at radius 1 is 1.38 bits per heavy atom. The van der Waals surface area contributed by atoms with Gasteiger partial charge in [-0.05, 0) is 52.2 Å². The van der Waals surface area contributed by atoms with E-state index >= 15 is 0 Å². The molecule has 0 atom stereocenters. The molecule has 112 valence electrons. The summed E-state index contributed by atoms with van der Waals surface area (Å²) in [5.74, 6) is 0. The Hall–Kier alpha value is -1.62. The number of hydrogen-bond donors (Lipinski definition) is 1. The third-order valence-electron chi connectivity index (χ3n) is 3.72. The van der Waals surface area contributed by atoms with Crippen molar-refractivity contribution in [1.29, 1.82) is 0 Å². The van der Waals surface area contributed by atoms with E-state index in [4.69, 9.17) is 0 Å². The van der Waals surface area contributed by atoms with Gasteiger partial charge in [0.15, 0.2) is 5.13 Å². The van der Waals surface area contributed by atoms with Gasteiger partial charge in [0.05, 0.1) is 11.3 Å². The van der Waals surface area contributed by atoms with Gasteiger partial charge in [0, 0.05) is 23.2 Å². The quantitative estimate of drug-likeness (QED) is 0.936. The molecule has 0 aliphatic heterocycles. The molecule has 0 spiro atoms. The maximum absolute atomic E-state index is 12.8. The summed E-state index contributed by atoms with van der Waals surface area (Å²) in [4.78, 5) is 17.4. The van der Waals surface area contributed by atoms with Gasteiger partial charge in [0.1, 0.15) is 0 Å². The number of nitrogens with zero attached hydrogens (tertiary/aromatic N) is 2. The van der Waals surface area contributed by atoms with E-state index in [1.54, 1.807) is 11.3 Å². The van der Waals surface area contributed by atoms with Crippen LogP contribution >= 0.6 is 11.3 Å². The van der Waals surface area contributed by atoms with Gasteiger partial charge in [-0.2, -0.15) is 0 Å². The van der Waals surface area contributed by atoms with Gasteiger partial charge in [-0.15, -0.1) is 11.3 Å². The van der Waals surface area contributed by atoms with Crippen molar-refractivity contribution in [3.63, 3.8) is 0 Å². The number of rotatable bonds is 4. The van der Waals surface area contributed by atoms with Crippen molar-refractivity contribution >= 4 is 16.5 Å². The van der Waals surface area contributed by atoms with Gasteiger partial charge in [0.25, 0.3) is 5.56 Å². The van der Waals surface area contributed by atoms with Gasteiger partial charge in [-0.3, -0.25) is 4.79 Å². The Balaban J connectivity index is 2.07. The van der Waals surface area contributed by atoms with Crippen molar-refractivity contribution in [3.05, 3.63) is 33.1 Å². The molecule has 0 aromatic carbocycles. The van der Waals surface area contributed by atoms with Crippen LogP contribution in [0, 0.1) is 13.8 Å². The first-order chi connectivity index (χ1) is 9.97. The minimum absolute atomic E-state index is 0.108. The first-order valence-electron chi connectivity index (χ1n) is 7.42.